The first-order valence-corrected chi connectivity index (χ1v) is 23.0. The summed E-state index contributed by atoms with van der Waals surface area (Å²) in [5, 5.41) is 0. The summed E-state index contributed by atoms with van der Waals surface area (Å²) in [7, 11) is 0. The molecule has 0 amide bonds. The highest BCUT2D eigenvalue weighted by Gasteiger charge is 2.51. The minimum absolute atomic E-state index is 0.495. The van der Waals surface area contributed by atoms with Crippen LogP contribution in [0.5, 0.6) is 0 Å². The van der Waals surface area contributed by atoms with Crippen LogP contribution >= 0.6 is 0 Å². The molecule has 0 radical (unpaired) electrons. The Kier molecular flexibility index (Phi) is 8.16. The van der Waals surface area contributed by atoms with E-state index in [1.807, 2.05) is 0 Å². The topological polar surface area (TPSA) is 35.6 Å². The Bertz CT molecular complexity index is 3640. The second-order valence-corrected chi connectivity index (χ2v) is 17.7. The van der Waals surface area contributed by atoms with Crippen LogP contribution in [0.3, 0.4) is 0 Å². The van der Waals surface area contributed by atoms with Crippen molar-refractivity contribution in [2.75, 3.05) is 0 Å². The van der Waals surface area contributed by atoms with E-state index >= 15 is 0 Å². The van der Waals surface area contributed by atoms with E-state index in [-0.39, 0.29) is 0 Å². The molecule has 2 aliphatic rings. The van der Waals surface area contributed by atoms with E-state index in [9.17, 15) is 0 Å². The number of hydrogen-bond donors (Lipinski definition) is 0. The Hall–Kier alpha value is -8.86. The van der Waals surface area contributed by atoms with Gasteiger partial charge in [-0.3, -0.25) is 9.13 Å². The molecule has 0 atom stereocenters. The van der Waals surface area contributed by atoms with E-state index in [0.29, 0.717) is 0 Å². The average Bonchev–Trinajstić information content (AvgIpc) is 4.15. The number of para-hydroxylation sites is 6. The standard InChI is InChI=1S/C63H40N4/c1-3-15-47(16-4-1)66-59-25-13-11-23-57(59)64-61(66)43-31-27-41(28-32-43)45-35-37-51-49-19-7-9-21-53(49)63(55(51)39-45)54-22-10-8-20-50(54)52-38-36-46(40-56(52)63)42-29-33-44(34-30-42)62-65-58-24-12-14-26-60(58)67(62)48-17-5-2-6-18-48/h1-40H. The van der Waals surface area contributed by atoms with Crippen molar-refractivity contribution >= 4 is 22.1 Å². The molecule has 4 nitrogen and oxygen atoms in total. The first-order valence-electron chi connectivity index (χ1n) is 23.0. The van der Waals surface area contributed by atoms with Crippen LogP contribution in [0.2, 0.25) is 0 Å². The molecule has 0 saturated heterocycles. The van der Waals surface area contributed by atoms with Gasteiger partial charge in [-0.1, -0.05) is 182 Å². The Morgan fingerprint density at radius 3 is 1.06 bits per heavy atom. The highest BCUT2D eigenvalue weighted by Crippen LogP contribution is 2.63. The monoisotopic (exact) mass is 852 g/mol. The van der Waals surface area contributed by atoms with Gasteiger partial charge < -0.3 is 0 Å². The van der Waals surface area contributed by atoms with Gasteiger partial charge >= 0.3 is 0 Å². The number of fused-ring (bicyclic) bond motifs is 12. The molecule has 0 unspecified atom stereocenters. The number of nitrogens with zero attached hydrogens (tertiary/aromatic N) is 4. The molecule has 0 saturated carbocycles. The van der Waals surface area contributed by atoms with E-state index < -0.39 is 5.41 Å². The predicted molar refractivity (Wildman–Crippen MR) is 274 cm³/mol. The Balaban J connectivity index is 0.889. The van der Waals surface area contributed by atoms with Crippen LogP contribution in [0.1, 0.15) is 22.3 Å². The molecule has 312 valence electrons. The van der Waals surface area contributed by atoms with Gasteiger partial charge in [0.25, 0.3) is 0 Å². The third kappa shape index (κ3) is 5.54. The summed E-state index contributed by atoms with van der Waals surface area (Å²) in [4.78, 5) is 10.3. The molecule has 14 rings (SSSR count). The van der Waals surface area contributed by atoms with Crippen LogP contribution in [-0.2, 0) is 5.41 Å². The average molecular weight is 853 g/mol. The van der Waals surface area contributed by atoms with Gasteiger partial charge in [0.2, 0.25) is 0 Å². The molecule has 12 aromatic rings. The van der Waals surface area contributed by atoms with Crippen LogP contribution in [0.15, 0.2) is 243 Å². The van der Waals surface area contributed by atoms with Crippen LogP contribution in [-0.4, -0.2) is 19.1 Å². The van der Waals surface area contributed by atoms with Crippen LogP contribution < -0.4 is 0 Å². The van der Waals surface area contributed by atoms with Gasteiger partial charge in [-0.05, 0) is 127 Å². The van der Waals surface area contributed by atoms with Gasteiger partial charge in [-0.15, -0.1) is 0 Å². The molecule has 1 spiro atoms. The number of benzene rings is 10. The lowest BCUT2D eigenvalue weighted by Gasteiger charge is -2.31. The highest BCUT2D eigenvalue weighted by atomic mass is 15.1. The minimum Gasteiger partial charge on any atom is -0.292 e. The molecule has 2 heterocycles. The van der Waals surface area contributed by atoms with Gasteiger partial charge in [0, 0.05) is 22.5 Å². The second kappa shape index (κ2) is 14.6. The molecule has 0 fully saturated rings. The predicted octanol–water partition coefficient (Wildman–Crippen LogP) is 15.4. The van der Waals surface area contributed by atoms with Crippen LogP contribution in [0.4, 0.5) is 0 Å². The van der Waals surface area contributed by atoms with Crippen molar-refractivity contribution in [2.45, 2.75) is 5.41 Å². The first-order chi connectivity index (χ1) is 33.2. The molecule has 4 heteroatoms. The maximum atomic E-state index is 5.15. The fourth-order valence-corrected chi connectivity index (χ4v) is 11.2. The van der Waals surface area contributed by atoms with Crippen molar-refractivity contribution in [3.63, 3.8) is 0 Å². The fraction of sp³-hybridized carbons (Fsp3) is 0.0159. The molecule has 0 N–H and O–H groups in total. The lowest BCUT2D eigenvalue weighted by molar-refractivity contribution is 0.794. The third-order valence-corrected chi connectivity index (χ3v) is 14.2. The maximum absolute atomic E-state index is 5.15. The number of hydrogen-bond acceptors (Lipinski definition) is 2. The fourth-order valence-electron chi connectivity index (χ4n) is 11.2. The van der Waals surface area contributed by atoms with Gasteiger partial charge in [0.1, 0.15) is 11.6 Å². The lowest BCUT2D eigenvalue weighted by Crippen LogP contribution is -2.26. The molecular weight excluding hydrogens is 813 g/mol. The molecule has 2 aliphatic carbocycles. The Morgan fingerprint density at radius 2 is 0.612 bits per heavy atom. The van der Waals surface area contributed by atoms with E-state index in [0.717, 1.165) is 56.2 Å². The molecule has 10 aromatic carbocycles. The molecule has 2 aromatic heterocycles. The zero-order chi connectivity index (χ0) is 44.1. The zero-order valence-electron chi connectivity index (χ0n) is 36.4. The van der Waals surface area contributed by atoms with Crippen molar-refractivity contribution in [1.82, 2.24) is 19.1 Å². The summed E-state index contributed by atoms with van der Waals surface area (Å²) < 4.78 is 4.53. The minimum atomic E-state index is -0.495. The maximum Gasteiger partial charge on any atom is 0.145 e. The van der Waals surface area contributed by atoms with Crippen molar-refractivity contribution in [3.05, 3.63) is 265 Å². The largest absolute Gasteiger partial charge is 0.292 e. The SMILES string of the molecule is c1ccc(-n2c(-c3ccc(-c4ccc5c(c4)C4(c6ccccc6-5)c5ccccc5-c5ccc(-c6ccc(-c7nc8ccccc8n7-c7ccccc7)cc6)cc54)cc3)nc3ccccc32)cc1. The van der Waals surface area contributed by atoms with E-state index in [2.05, 4.69) is 252 Å². The van der Waals surface area contributed by atoms with Crippen molar-refractivity contribution in [1.29, 1.82) is 0 Å². The Labute approximate surface area is 388 Å². The van der Waals surface area contributed by atoms with Crippen LogP contribution in [0.25, 0.3) is 101 Å². The zero-order valence-corrected chi connectivity index (χ0v) is 36.4. The highest BCUT2D eigenvalue weighted by molar-refractivity contribution is 5.97. The normalized spacial score (nSPS) is 12.9. The van der Waals surface area contributed by atoms with Crippen molar-refractivity contribution in [2.24, 2.45) is 0 Å². The Morgan fingerprint density at radius 1 is 0.269 bits per heavy atom. The molecule has 67 heavy (non-hydrogen) atoms. The summed E-state index contributed by atoms with van der Waals surface area (Å²) in [5.41, 5.74) is 23.1. The van der Waals surface area contributed by atoms with Gasteiger partial charge in [0.15, 0.2) is 0 Å². The lowest BCUT2D eigenvalue weighted by atomic mass is 9.70. The summed E-state index contributed by atoms with van der Waals surface area (Å²) in [6, 6.07) is 88.1. The van der Waals surface area contributed by atoms with E-state index in [1.54, 1.807) is 0 Å². The first kappa shape index (κ1) is 37.5. The van der Waals surface area contributed by atoms with Crippen molar-refractivity contribution < 1.29 is 0 Å². The smallest absolute Gasteiger partial charge is 0.145 e. The molecule has 0 aliphatic heterocycles. The summed E-state index contributed by atoms with van der Waals surface area (Å²) >= 11 is 0. The quantitative estimate of drug-likeness (QED) is 0.167. The molecule has 0 bridgehead atoms. The second-order valence-electron chi connectivity index (χ2n) is 17.7. The van der Waals surface area contributed by atoms with Crippen LogP contribution in [0, 0.1) is 0 Å². The summed E-state index contributed by atoms with van der Waals surface area (Å²) in [5.74, 6) is 1.86. The third-order valence-electron chi connectivity index (χ3n) is 14.2. The number of imidazole rings is 2. The van der Waals surface area contributed by atoms with Crippen molar-refractivity contribution in [3.8, 4) is 78.7 Å². The molecular formula is C63H40N4. The van der Waals surface area contributed by atoms with E-state index in [4.69, 9.17) is 9.97 Å². The van der Waals surface area contributed by atoms with Gasteiger partial charge in [-0.25, -0.2) is 9.97 Å². The van der Waals surface area contributed by atoms with Gasteiger partial charge in [-0.2, -0.15) is 0 Å². The van der Waals surface area contributed by atoms with E-state index in [1.165, 1.54) is 66.8 Å². The number of rotatable bonds is 6. The summed E-state index contributed by atoms with van der Waals surface area (Å²) in [6.07, 6.45) is 0. The summed E-state index contributed by atoms with van der Waals surface area (Å²) in [6.45, 7) is 0. The van der Waals surface area contributed by atoms with Gasteiger partial charge in [0.05, 0.1) is 27.5 Å². The number of aromatic nitrogens is 4.